The Morgan fingerprint density at radius 2 is 2.23 bits per heavy atom. The van der Waals surface area contributed by atoms with Gasteiger partial charge in [-0.3, -0.25) is 4.79 Å². The lowest BCUT2D eigenvalue weighted by Crippen LogP contribution is -2.41. The van der Waals surface area contributed by atoms with Crippen LogP contribution < -0.4 is 5.32 Å². The highest BCUT2D eigenvalue weighted by atomic mass is 19.3. The third kappa shape index (κ3) is 2.50. The first-order valence-corrected chi connectivity index (χ1v) is 4.36. The first kappa shape index (κ1) is 10.2. The third-order valence-corrected chi connectivity index (χ3v) is 2.01. The van der Waals surface area contributed by atoms with E-state index in [4.69, 9.17) is 0 Å². The van der Waals surface area contributed by atoms with Crippen LogP contribution in [0.1, 0.15) is 19.8 Å². The van der Waals surface area contributed by atoms with Gasteiger partial charge < -0.3 is 5.32 Å². The molecule has 1 amide bonds. The van der Waals surface area contributed by atoms with E-state index in [0.717, 1.165) is 0 Å². The number of allylic oxidation sites excluding steroid dienone is 1. The molecular formula is C9H13F2NO. The Balaban J connectivity index is 2.37. The van der Waals surface area contributed by atoms with Crippen molar-refractivity contribution in [2.75, 3.05) is 6.54 Å². The number of hydrogen-bond acceptors (Lipinski definition) is 1. The SMILES string of the molecule is C/C=C/CNC(=O)C(F)(F)C1CC1. The second-order valence-electron chi connectivity index (χ2n) is 3.18. The fourth-order valence-corrected chi connectivity index (χ4v) is 1.02. The molecule has 1 aliphatic rings. The maximum atomic E-state index is 13.0. The number of alkyl halides is 2. The van der Waals surface area contributed by atoms with Gasteiger partial charge in [0, 0.05) is 12.5 Å². The topological polar surface area (TPSA) is 29.1 Å². The average Bonchev–Trinajstić information content (AvgIpc) is 2.86. The zero-order valence-electron chi connectivity index (χ0n) is 7.52. The summed E-state index contributed by atoms with van der Waals surface area (Å²) in [6, 6.07) is 0. The van der Waals surface area contributed by atoms with E-state index in [1.807, 2.05) is 0 Å². The fourth-order valence-electron chi connectivity index (χ4n) is 1.02. The summed E-state index contributed by atoms with van der Waals surface area (Å²) < 4.78 is 26.0. The minimum atomic E-state index is -3.17. The fraction of sp³-hybridized carbons (Fsp3) is 0.667. The van der Waals surface area contributed by atoms with Gasteiger partial charge in [-0.2, -0.15) is 8.78 Å². The van der Waals surface area contributed by atoms with Gasteiger partial charge in [-0.1, -0.05) is 12.2 Å². The molecule has 0 aromatic carbocycles. The van der Waals surface area contributed by atoms with E-state index in [1.165, 1.54) is 0 Å². The van der Waals surface area contributed by atoms with Crippen molar-refractivity contribution >= 4 is 5.91 Å². The van der Waals surface area contributed by atoms with Crippen LogP contribution in [-0.4, -0.2) is 18.4 Å². The second kappa shape index (κ2) is 3.85. The van der Waals surface area contributed by atoms with E-state index in [-0.39, 0.29) is 6.54 Å². The number of halogens is 2. The van der Waals surface area contributed by atoms with Crippen molar-refractivity contribution < 1.29 is 13.6 Å². The van der Waals surface area contributed by atoms with Crippen molar-refractivity contribution in [2.45, 2.75) is 25.7 Å². The van der Waals surface area contributed by atoms with Gasteiger partial charge in [-0.05, 0) is 19.8 Å². The number of nitrogens with one attached hydrogen (secondary N) is 1. The Labute approximate surface area is 76.0 Å². The standard InChI is InChI=1S/C9H13F2NO/c1-2-3-6-12-8(13)9(10,11)7-4-5-7/h2-3,7H,4-6H2,1H3,(H,12,13)/b3-2+. The molecule has 1 saturated carbocycles. The molecule has 0 aliphatic heterocycles. The Hall–Kier alpha value is -0.930. The molecule has 0 spiro atoms. The predicted octanol–water partition coefficient (Wildman–Crippen LogP) is 1.72. The first-order chi connectivity index (χ1) is 6.09. The van der Waals surface area contributed by atoms with Crippen LogP contribution in [0.25, 0.3) is 0 Å². The summed E-state index contributed by atoms with van der Waals surface area (Å²) in [5.41, 5.74) is 0. The van der Waals surface area contributed by atoms with E-state index in [2.05, 4.69) is 5.32 Å². The lowest BCUT2D eigenvalue weighted by molar-refractivity contribution is -0.148. The van der Waals surface area contributed by atoms with Crippen molar-refractivity contribution in [2.24, 2.45) is 5.92 Å². The van der Waals surface area contributed by atoms with Crippen LogP contribution in [0.2, 0.25) is 0 Å². The number of carbonyl (C=O) groups excluding carboxylic acids is 1. The highest BCUT2D eigenvalue weighted by molar-refractivity contribution is 5.84. The molecule has 1 aliphatic carbocycles. The molecule has 0 heterocycles. The molecule has 13 heavy (non-hydrogen) atoms. The minimum Gasteiger partial charge on any atom is -0.347 e. The zero-order valence-corrected chi connectivity index (χ0v) is 7.52. The average molecular weight is 189 g/mol. The Morgan fingerprint density at radius 1 is 1.62 bits per heavy atom. The van der Waals surface area contributed by atoms with Crippen molar-refractivity contribution in [3.63, 3.8) is 0 Å². The summed E-state index contributed by atoms with van der Waals surface area (Å²) in [4.78, 5) is 10.9. The van der Waals surface area contributed by atoms with E-state index in [0.29, 0.717) is 12.8 Å². The summed E-state index contributed by atoms with van der Waals surface area (Å²) >= 11 is 0. The minimum absolute atomic E-state index is 0.178. The summed E-state index contributed by atoms with van der Waals surface area (Å²) in [5, 5.41) is 2.17. The van der Waals surface area contributed by atoms with Gasteiger partial charge in [-0.25, -0.2) is 0 Å². The molecule has 0 bridgehead atoms. The monoisotopic (exact) mass is 189 g/mol. The van der Waals surface area contributed by atoms with E-state index >= 15 is 0 Å². The smallest absolute Gasteiger partial charge is 0.327 e. The maximum Gasteiger partial charge on any atom is 0.327 e. The van der Waals surface area contributed by atoms with Gasteiger partial charge >= 0.3 is 5.92 Å². The summed E-state index contributed by atoms with van der Waals surface area (Å²) in [5.74, 6) is -5.03. The van der Waals surface area contributed by atoms with Crippen molar-refractivity contribution in [3.8, 4) is 0 Å². The molecule has 74 valence electrons. The van der Waals surface area contributed by atoms with Crippen molar-refractivity contribution in [1.29, 1.82) is 0 Å². The quantitative estimate of drug-likeness (QED) is 0.670. The van der Waals surface area contributed by atoms with Gasteiger partial charge in [0.25, 0.3) is 5.91 Å². The molecule has 0 saturated heterocycles. The van der Waals surface area contributed by atoms with Crippen molar-refractivity contribution in [3.05, 3.63) is 12.2 Å². The predicted molar refractivity (Wildman–Crippen MR) is 45.5 cm³/mol. The highest BCUT2D eigenvalue weighted by Crippen LogP contribution is 2.43. The highest BCUT2D eigenvalue weighted by Gasteiger charge is 2.52. The van der Waals surface area contributed by atoms with Crippen LogP contribution in [-0.2, 0) is 4.79 Å². The Bertz CT molecular complexity index is 222. The molecule has 0 aromatic rings. The Morgan fingerprint density at radius 3 is 2.69 bits per heavy atom. The van der Waals surface area contributed by atoms with Crippen LogP contribution in [0.3, 0.4) is 0 Å². The van der Waals surface area contributed by atoms with Crippen molar-refractivity contribution in [1.82, 2.24) is 5.32 Å². The summed E-state index contributed by atoms with van der Waals surface area (Å²) in [6.45, 7) is 1.95. The van der Waals surface area contributed by atoms with Gasteiger partial charge in [0.15, 0.2) is 0 Å². The second-order valence-corrected chi connectivity index (χ2v) is 3.18. The van der Waals surface area contributed by atoms with Gasteiger partial charge in [0.2, 0.25) is 0 Å². The van der Waals surface area contributed by atoms with Crippen LogP contribution in [0, 0.1) is 5.92 Å². The van der Waals surface area contributed by atoms with E-state index in [1.54, 1.807) is 19.1 Å². The molecular weight excluding hydrogens is 176 g/mol. The van der Waals surface area contributed by atoms with Gasteiger partial charge in [0.1, 0.15) is 0 Å². The lowest BCUT2D eigenvalue weighted by Gasteiger charge is -2.13. The van der Waals surface area contributed by atoms with E-state index < -0.39 is 17.7 Å². The molecule has 0 atom stereocenters. The third-order valence-electron chi connectivity index (χ3n) is 2.01. The van der Waals surface area contributed by atoms with E-state index in [9.17, 15) is 13.6 Å². The Kier molecular flexibility index (Phi) is 3.01. The summed E-state index contributed by atoms with van der Waals surface area (Å²) in [7, 11) is 0. The number of rotatable bonds is 4. The normalized spacial score (nSPS) is 17.8. The molecule has 0 unspecified atom stereocenters. The van der Waals surface area contributed by atoms with Gasteiger partial charge in [-0.15, -0.1) is 0 Å². The largest absolute Gasteiger partial charge is 0.347 e. The van der Waals surface area contributed by atoms with Gasteiger partial charge in [0.05, 0.1) is 0 Å². The molecule has 4 heteroatoms. The molecule has 1 N–H and O–H groups in total. The first-order valence-electron chi connectivity index (χ1n) is 4.36. The van der Waals surface area contributed by atoms with Crippen LogP contribution in [0.5, 0.6) is 0 Å². The molecule has 1 rings (SSSR count). The van der Waals surface area contributed by atoms with Crippen LogP contribution in [0.4, 0.5) is 8.78 Å². The summed E-state index contributed by atoms with van der Waals surface area (Å²) in [6.07, 6.45) is 4.25. The molecule has 2 nitrogen and oxygen atoms in total. The zero-order chi connectivity index (χ0) is 9.90. The van der Waals surface area contributed by atoms with Crippen LogP contribution in [0.15, 0.2) is 12.2 Å². The number of carbonyl (C=O) groups is 1. The molecule has 1 fully saturated rings. The lowest BCUT2D eigenvalue weighted by atomic mass is 10.2. The number of amides is 1. The molecule has 0 aromatic heterocycles. The van der Waals surface area contributed by atoms with Crippen LogP contribution >= 0.6 is 0 Å². The number of hydrogen-bond donors (Lipinski definition) is 1. The maximum absolute atomic E-state index is 13.0. The molecule has 0 radical (unpaired) electrons.